The lowest BCUT2D eigenvalue weighted by molar-refractivity contribution is -0.384. The van der Waals surface area contributed by atoms with E-state index in [-0.39, 0.29) is 30.2 Å². The number of carbonyl (C=O) groups excluding carboxylic acids is 2. The van der Waals surface area contributed by atoms with Crippen molar-refractivity contribution in [3.8, 4) is 0 Å². The van der Waals surface area contributed by atoms with Crippen LogP contribution in [0.15, 0.2) is 42.5 Å². The number of halogens is 1. The SMILES string of the molecule is O=C(CN1C(=O)CCc2cc([N+](=O)[O-])ccc21)Nc1ccccc1F. The van der Waals surface area contributed by atoms with Crippen LogP contribution in [0.3, 0.4) is 0 Å². The highest BCUT2D eigenvalue weighted by molar-refractivity contribution is 6.04. The van der Waals surface area contributed by atoms with Gasteiger partial charge in [-0.15, -0.1) is 0 Å². The Kier molecular flexibility index (Phi) is 4.42. The van der Waals surface area contributed by atoms with Crippen LogP contribution in [0.1, 0.15) is 12.0 Å². The Balaban J connectivity index is 1.81. The summed E-state index contributed by atoms with van der Waals surface area (Å²) in [6.45, 7) is -0.294. The summed E-state index contributed by atoms with van der Waals surface area (Å²) in [5.41, 5.74) is 1.06. The number of hydrogen-bond acceptors (Lipinski definition) is 4. The Morgan fingerprint density at radius 1 is 1.24 bits per heavy atom. The number of nitro benzene ring substituents is 1. The van der Waals surface area contributed by atoms with Crippen molar-refractivity contribution in [3.05, 3.63) is 64.0 Å². The molecule has 0 aliphatic carbocycles. The minimum Gasteiger partial charge on any atom is -0.322 e. The van der Waals surface area contributed by atoms with Gasteiger partial charge in [-0.3, -0.25) is 19.7 Å². The first-order valence-electron chi connectivity index (χ1n) is 7.58. The van der Waals surface area contributed by atoms with Gasteiger partial charge in [0.2, 0.25) is 11.8 Å². The molecule has 0 unspecified atom stereocenters. The quantitative estimate of drug-likeness (QED) is 0.682. The second kappa shape index (κ2) is 6.68. The average Bonchev–Trinajstić information content (AvgIpc) is 2.59. The van der Waals surface area contributed by atoms with E-state index in [0.29, 0.717) is 17.7 Å². The summed E-state index contributed by atoms with van der Waals surface area (Å²) in [6.07, 6.45) is 0.530. The number of nitrogens with one attached hydrogen (secondary N) is 1. The fraction of sp³-hybridized carbons (Fsp3) is 0.176. The minimum absolute atomic E-state index is 0.0286. The predicted octanol–water partition coefficient (Wildman–Crippen LogP) is 2.65. The molecule has 2 aromatic rings. The molecule has 2 amide bonds. The first-order chi connectivity index (χ1) is 12.0. The van der Waals surface area contributed by atoms with Crippen molar-refractivity contribution in [1.82, 2.24) is 0 Å². The number of fused-ring (bicyclic) bond motifs is 1. The Morgan fingerprint density at radius 2 is 2.00 bits per heavy atom. The van der Waals surface area contributed by atoms with E-state index in [9.17, 15) is 24.1 Å². The largest absolute Gasteiger partial charge is 0.322 e. The highest BCUT2D eigenvalue weighted by Gasteiger charge is 2.27. The van der Waals surface area contributed by atoms with Gasteiger partial charge in [-0.2, -0.15) is 0 Å². The van der Waals surface area contributed by atoms with Crippen LogP contribution in [0.25, 0.3) is 0 Å². The van der Waals surface area contributed by atoms with Gasteiger partial charge in [0.25, 0.3) is 5.69 Å². The van der Waals surface area contributed by atoms with Crippen LogP contribution in [0, 0.1) is 15.9 Å². The maximum atomic E-state index is 13.6. The van der Waals surface area contributed by atoms with Crippen LogP contribution in [-0.4, -0.2) is 23.3 Å². The van der Waals surface area contributed by atoms with E-state index >= 15 is 0 Å². The molecule has 0 atom stereocenters. The zero-order chi connectivity index (χ0) is 18.0. The number of rotatable bonds is 4. The molecule has 7 nitrogen and oxygen atoms in total. The van der Waals surface area contributed by atoms with Crippen molar-refractivity contribution >= 4 is 28.9 Å². The Hall–Kier alpha value is -3.29. The molecule has 0 fully saturated rings. The third-order valence-corrected chi connectivity index (χ3v) is 3.92. The summed E-state index contributed by atoms with van der Waals surface area (Å²) in [6, 6.07) is 9.88. The number of carbonyl (C=O) groups is 2. The number of aryl methyl sites for hydroxylation is 1. The number of nitrogens with zero attached hydrogens (tertiary/aromatic N) is 2. The molecule has 0 saturated carbocycles. The summed E-state index contributed by atoms with van der Waals surface area (Å²) >= 11 is 0. The van der Waals surface area contributed by atoms with Crippen LogP contribution in [0.5, 0.6) is 0 Å². The summed E-state index contributed by atoms with van der Waals surface area (Å²) < 4.78 is 13.6. The number of benzene rings is 2. The average molecular weight is 343 g/mol. The Morgan fingerprint density at radius 3 is 2.72 bits per heavy atom. The van der Waals surface area contributed by atoms with Gasteiger partial charge in [0.1, 0.15) is 12.4 Å². The van der Waals surface area contributed by atoms with Crippen LogP contribution in [-0.2, 0) is 16.0 Å². The molecule has 0 spiro atoms. The molecule has 0 radical (unpaired) electrons. The van der Waals surface area contributed by atoms with Gasteiger partial charge in [-0.05, 0) is 30.2 Å². The predicted molar refractivity (Wildman–Crippen MR) is 88.8 cm³/mol. The van der Waals surface area contributed by atoms with Gasteiger partial charge in [0.15, 0.2) is 0 Å². The third-order valence-electron chi connectivity index (χ3n) is 3.92. The molecule has 128 valence electrons. The summed E-state index contributed by atoms with van der Waals surface area (Å²) in [4.78, 5) is 36.0. The summed E-state index contributed by atoms with van der Waals surface area (Å²) in [5, 5.41) is 13.3. The molecule has 1 aliphatic rings. The molecule has 2 aromatic carbocycles. The van der Waals surface area contributed by atoms with Crippen molar-refractivity contribution < 1.29 is 18.9 Å². The van der Waals surface area contributed by atoms with Gasteiger partial charge < -0.3 is 10.2 Å². The zero-order valence-corrected chi connectivity index (χ0v) is 13.1. The highest BCUT2D eigenvalue weighted by Crippen LogP contribution is 2.31. The van der Waals surface area contributed by atoms with Gasteiger partial charge >= 0.3 is 0 Å². The number of non-ortho nitro benzene ring substituents is 1. The van der Waals surface area contributed by atoms with Crippen LogP contribution >= 0.6 is 0 Å². The molecule has 3 rings (SSSR count). The van der Waals surface area contributed by atoms with E-state index in [1.165, 1.54) is 41.3 Å². The molecular formula is C17H14FN3O4. The molecule has 8 heteroatoms. The minimum atomic E-state index is -0.572. The molecule has 0 aromatic heterocycles. The summed E-state index contributed by atoms with van der Waals surface area (Å²) in [7, 11) is 0. The van der Waals surface area contributed by atoms with E-state index in [2.05, 4.69) is 5.32 Å². The molecule has 1 N–H and O–H groups in total. The molecule has 0 bridgehead atoms. The maximum Gasteiger partial charge on any atom is 0.269 e. The Labute approximate surface area is 142 Å². The highest BCUT2D eigenvalue weighted by atomic mass is 19.1. The van der Waals surface area contributed by atoms with Crippen LogP contribution in [0.2, 0.25) is 0 Å². The zero-order valence-electron chi connectivity index (χ0n) is 13.1. The molecule has 1 heterocycles. The van der Waals surface area contributed by atoms with Crippen LogP contribution < -0.4 is 10.2 Å². The van der Waals surface area contributed by atoms with Crippen LogP contribution in [0.4, 0.5) is 21.5 Å². The summed E-state index contributed by atoms with van der Waals surface area (Å²) in [5.74, 6) is -1.38. The second-order valence-corrected chi connectivity index (χ2v) is 5.58. The van der Waals surface area contributed by atoms with Crippen molar-refractivity contribution in [2.45, 2.75) is 12.8 Å². The van der Waals surface area contributed by atoms with Gasteiger partial charge in [-0.1, -0.05) is 12.1 Å². The number of hydrogen-bond donors (Lipinski definition) is 1. The molecule has 0 saturated heterocycles. The number of anilines is 2. The van der Waals surface area contributed by atoms with Crippen molar-refractivity contribution in [3.63, 3.8) is 0 Å². The van der Waals surface area contributed by atoms with Crippen molar-refractivity contribution in [2.75, 3.05) is 16.8 Å². The van der Waals surface area contributed by atoms with E-state index < -0.39 is 16.6 Å². The number of para-hydroxylation sites is 1. The van der Waals surface area contributed by atoms with Gasteiger partial charge in [0.05, 0.1) is 10.6 Å². The van der Waals surface area contributed by atoms with Gasteiger partial charge in [0, 0.05) is 24.2 Å². The van der Waals surface area contributed by atoms with E-state index in [1.807, 2.05) is 0 Å². The van der Waals surface area contributed by atoms with Crippen molar-refractivity contribution in [2.24, 2.45) is 0 Å². The van der Waals surface area contributed by atoms with Crippen molar-refractivity contribution in [1.29, 1.82) is 0 Å². The standard InChI is InChI=1S/C17H14FN3O4/c18-13-3-1-2-4-14(13)19-16(22)10-20-15-7-6-12(21(24)25)9-11(15)5-8-17(20)23/h1-4,6-7,9H,5,8,10H2,(H,19,22). The smallest absolute Gasteiger partial charge is 0.269 e. The molecule has 25 heavy (non-hydrogen) atoms. The van der Waals surface area contributed by atoms with Gasteiger partial charge in [-0.25, -0.2) is 4.39 Å². The lowest BCUT2D eigenvalue weighted by Gasteiger charge is -2.28. The first-order valence-corrected chi connectivity index (χ1v) is 7.58. The lowest BCUT2D eigenvalue weighted by atomic mass is 10.0. The normalized spacial score (nSPS) is 13.3. The first kappa shape index (κ1) is 16.6. The van der Waals surface area contributed by atoms with E-state index in [4.69, 9.17) is 0 Å². The second-order valence-electron chi connectivity index (χ2n) is 5.58. The molecular weight excluding hydrogens is 329 g/mol. The maximum absolute atomic E-state index is 13.6. The van der Waals surface area contributed by atoms with E-state index in [0.717, 1.165) is 0 Å². The number of amides is 2. The monoisotopic (exact) mass is 343 g/mol. The topological polar surface area (TPSA) is 92.5 Å². The Bertz CT molecular complexity index is 869. The third kappa shape index (κ3) is 3.47. The molecule has 1 aliphatic heterocycles. The lowest BCUT2D eigenvalue weighted by Crippen LogP contribution is -2.41. The fourth-order valence-electron chi connectivity index (χ4n) is 2.73. The van der Waals surface area contributed by atoms with E-state index in [1.54, 1.807) is 6.07 Å². The number of nitro groups is 1. The fourth-order valence-corrected chi connectivity index (χ4v) is 2.73.